The molecule has 0 aliphatic heterocycles. The van der Waals surface area contributed by atoms with Gasteiger partial charge in [0.1, 0.15) is 17.5 Å². The van der Waals surface area contributed by atoms with Crippen LogP contribution in [-0.2, 0) is 6.54 Å². The number of hydrogen-bond acceptors (Lipinski definition) is 4. The molecule has 2 rings (SSSR count). The summed E-state index contributed by atoms with van der Waals surface area (Å²) in [5, 5.41) is 2.96. The van der Waals surface area contributed by atoms with Gasteiger partial charge >= 0.3 is 0 Å². The summed E-state index contributed by atoms with van der Waals surface area (Å²) in [6.45, 7) is 2.05. The number of hydrogen-bond donors (Lipinski definition) is 2. The lowest BCUT2D eigenvalue weighted by molar-refractivity contribution is 0.100. The Balaban J connectivity index is 2.19. The zero-order chi connectivity index (χ0) is 13.8. The Kier molecular flexibility index (Phi) is 3.70. The first kappa shape index (κ1) is 12.9. The molecule has 0 saturated carbocycles. The smallest absolute Gasteiger partial charge is 0.254 e. The Morgan fingerprint density at radius 3 is 2.95 bits per heavy atom. The van der Waals surface area contributed by atoms with Crippen LogP contribution < -0.4 is 11.1 Å². The summed E-state index contributed by atoms with van der Waals surface area (Å²) in [5.74, 6) is -0.0500. The van der Waals surface area contributed by atoms with Crippen LogP contribution in [0.4, 0.5) is 10.2 Å². The van der Waals surface area contributed by atoms with Crippen molar-refractivity contribution < 1.29 is 9.18 Å². The SMILES string of the molecule is Cc1ncc(C(N)=O)c(NCc2cccc(F)c2)n1. The second kappa shape index (κ2) is 5.43. The molecule has 6 heteroatoms. The Labute approximate surface area is 109 Å². The van der Waals surface area contributed by atoms with Crippen molar-refractivity contribution in [3.8, 4) is 0 Å². The Bertz CT molecular complexity index is 615. The van der Waals surface area contributed by atoms with Gasteiger partial charge in [-0.25, -0.2) is 14.4 Å². The molecular formula is C13H13FN4O. The normalized spacial score (nSPS) is 10.2. The number of halogens is 1. The molecule has 0 aliphatic carbocycles. The molecule has 0 aliphatic rings. The summed E-state index contributed by atoms with van der Waals surface area (Å²) in [5.41, 5.74) is 6.19. The summed E-state index contributed by atoms with van der Waals surface area (Å²) >= 11 is 0. The molecular weight excluding hydrogens is 247 g/mol. The average Bonchev–Trinajstić information content (AvgIpc) is 2.36. The van der Waals surface area contributed by atoms with Crippen molar-refractivity contribution in [3.63, 3.8) is 0 Å². The first-order chi connectivity index (χ1) is 9.06. The molecule has 0 atom stereocenters. The van der Waals surface area contributed by atoms with Gasteiger partial charge in [0, 0.05) is 12.7 Å². The van der Waals surface area contributed by atoms with E-state index < -0.39 is 5.91 Å². The number of primary amides is 1. The molecule has 1 aromatic carbocycles. The van der Waals surface area contributed by atoms with Crippen molar-refractivity contribution in [2.75, 3.05) is 5.32 Å². The van der Waals surface area contributed by atoms with E-state index in [1.807, 2.05) is 0 Å². The Morgan fingerprint density at radius 2 is 2.26 bits per heavy atom. The number of carbonyl (C=O) groups is 1. The molecule has 0 radical (unpaired) electrons. The first-order valence-electron chi connectivity index (χ1n) is 5.68. The molecule has 5 nitrogen and oxygen atoms in total. The fraction of sp³-hybridized carbons (Fsp3) is 0.154. The van der Waals surface area contributed by atoms with Crippen LogP contribution >= 0.6 is 0 Å². The second-order valence-corrected chi connectivity index (χ2v) is 4.03. The lowest BCUT2D eigenvalue weighted by Crippen LogP contribution is -2.16. The largest absolute Gasteiger partial charge is 0.365 e. The number of anilines is 1. The minimum atomic E-state index is -0.609. The number of benzene rings is 1. The summed E-state index contributed by atoms with van der Waals surface area (Å²) in [4.78, 5) is 19.3. The van der Waals surface area contributed by atoms with Crippen molar-refractivity contribution in [2.24, 2.45) is 5.73 Å². The van der Waals surface area contributed by atoms with Crippen LogP contribution in [0.2, 0.25) is 0 Å². The van der Waals surface area contributed by atoms with Gasteiger partial charge in [0.15, 0.2) is 0 Å². The van der Waals surface area contributed by atoms with E-state index in [0.717, 1.165) is 5.56 Å². The molecule has 0 unspecified atom stereocenters. The topological polar surface area (TPSA) is 80.9 Å². The highest BCUT2D eigenvalue weighted by Crippen LogP contribution is 2.13. The van der Waals surface area contributed by atoms with Crippen LogP contribution in [0.5, 0.6) is 0 Å². The summed E-state index contributed by atoms with van der Waals surface area (Å²) in [6.07, 6.45) is 1.37. The van der Waals surface area contributed by atoms with E-state index in [9.17, 15) is 9.18 Å². The van der Waals surface area contributed by atoms with Crippen LogP contribution in [0, 0.1) is 12.7 Å². The zero-order valence-corrected chi connectivity index (χ0v) is 10.4. The number of nitrogens with two attached hydrogens (primary N) is 1. The summed E-state index contributed by atoms with van der Waals surface area (Å²) < 4.78 is 13.0. The molecule has 0 fully saturated rings. The van der Waals surface area contributed by atoms with E-state index in [4.69, 9.17) is 5.73 Å². The molecule has 0 saturated heterocycles. The van der Waals surface area contributed by atoms with Gasteiger partial charge in [-0.3, -0.25) is 4.79 Å². The monoisotopic (exact) mass is 260 g/mol. The highest BCUT2D eigenvalue weighted by molar-refractivity contribution is 5.97. The van der Waals surface area contributed by atoms with Crippen molar-refractivity contribution in [3.05, 3.63) is 53.2 Å². The molecule has 3 N–H and O–H groups in total. The molecule has 1 amide bonds. The van der Waals surface area contributed by atoms with E-state index in [1.165, 1.54) is 18.3 Å². The maximum Gasteiger partial charge on any atom is 0.254 e. The fourth-order valence-corrected chi connectivity index (χ4v) is 1.62. The molecule has 0 bridgehead atoms. The Morgan fingerprint density at radius 1 is 1.47 bits per heavy atom. The molecule has 19 heavy (non-hydrogen) atoms. The van der Waals surface area contributed by atoms with E-state index in [2.05, 4.69) is 15.3 Å². The fourth-order valence-electron chi connectivity index (χ4n) is 1.62. The summed E-state index contributed by atoms with van der Waals surface area (Å²) in [6, 6.07) is 6.17. The van der Waals surface area contributed by atoms with Gasteiger partial charge in [-0.2, -0.15) is 0 Å². The minimum absolute atomic E-state index is 0.210. The van der Waals surface area contributed by atoms with Crippen LogP contribution in [0.1, 0.15) is 21.7 Å². The number of rotatable bonds is 4. The van der Waals surface area contributed by atoms with Gasteiger partial charge in [0.05, 0.1) is 5.56 Å². The van der Waals surface area contributed by atoms with Crippen molar-refractivity contribution >= 4 is 11.7 Å². The van der Waals surface area contributed by atoms with Crippen LogP contribution in [0.15, 0.2) is 30.5 Å². The highest BCUT2D eigenvalue weighted by atomic mass is 19.1. The average molecular weight is 260 g/mol. The summed E-state index contributed by atoms with van der Waals surface area (Å²) in [7, 11) is 0. The van der Waals surface area contributed by atoms with E-state index in [1.54, 1.807) is 19.1 Å². The highest BCUT2D eigenvalue weighted by Gasteiger charge is 2.10. The third-order valence-electron chi connectivity index (χ3n) is 2.52. The number of nitrogens with zero attached hydrogens (tertiary/aromatic N) is 2. The number of nitrogens with one attached hydrogen (secondary N) is 1. The quantitative estimate of drug-likeness (QED) is 0.875. The van der Waals surface area contributed by atoms with E-state index in [-0.39, 0.29) is 11.4 Å². The predicted molar refractivity (Wildman–Crippen MR) is 69.0 cm³/mol. The van der Waals surface area contributed by atoms with Gasteiger partial charge in [-0.05, 0) is 24.6 Å². The molecule has 2 aromatic rings. The van der Waals surface area contributed by atoms with Crippen LogP contribution in [0.3, 0.4) is 0 Å². The Hall–Kier alpha value is -2.50. The van der Waals surface area contributed by atoms with Gasteiger partial charge in [0.25, 0.3) is 5.91 Å². The molecule has 1 aromatic heterocycles. The lowest BCUT2D eigenvalue weighted by atomic mass is 10.2. The number of carbonyl (C=O) groups excluding carboxylic acids is 1. The minimum Gasteiger partial charge on any atom is -0.365 e. The lowest BCUT2D eigenvalue weighted by Gasteiger charge is -2.09. The first-order valence-corrected chi connectivity index (χ1v) is 5.68. The predicted octanol–water partition coefficient (Wildman–Crippen LogP) is 1.64. The third-order valence-corrected chi connectivity index (χ3v) is 2.52. The van der Waals surface area contributed by atoms with Crippen LogP contribution in [-0.4, -0.2) is 15.9 Å². The van der Waals surface area contributed by atoms with Crippen molar-refractivity contribution in [2.45, 2.75) is 13.5 Å². The molecule has 0 spiro atoms. The van der Waals surface area contributed by atoms with E-state index >= 15 is 0 Å². The molecule has 98 valence electrons. The maximum atomic E-state index is 13.0. The van der Waals surface area contributed by atoms with E-state index in [0.29, 0.717) is 18.2 Å². The standard InChI is InChI=1S/C13H13FN4O/c1-8-16-7-11(12(15)19)13(18-8)17-6-9-3-2-4-10(14)5-9/h2-5,7H,6H2,1H3,(H2,15,19)(H,16,17,18). The number of aromatic nitrogens is 2. The molecule has 1 heterocycles. The number of aryl methyl sites for hydroxylation is 1. The van der Waals surface area contributed by atoms with Gasteiger partial charge in [0.2, 0.25) is 0 Å². The second-order valence-electron chi connectivity index (χ2n) is 4.03. The van der Waals surface area contributed by atoms with Crippen LogP contribution in [0.25, 0.3) is 0 Å². The van der Waals surface area contributed by atoms with Crippen molar-refractivity contribution in [1.29, 1.82) is 0 Å². The van der Waals surface area contributed by atoms with Gasteiger partial charge < -0.3 is 11.1 Å². The van der Waals surface area contributed by atoms with Gasteiger partial charge in [-0.15, -0.1) is 0 Å². The van der Waals surface area contributed by atoms with Crippen molar-refractivity contribution in [1.82, 2.24) is 9.97 Å². The maximum absolute atomic E-state index is 13.0. The zero-order valence-electron chi connectivity index (χ0n) is 10.4. The van der Waals surface area contributed by atoms with Gasteiger partial charge in [-0.1, -0.05) is 12.1 Å². The number of amides is 1. The third kappa shape index (κ3) is 3.25.